The fraction of sp³-hybridized carbons (Fsp3) is 0.357. The predicted molar refractivity (Wildman–Crippen MR) is 94.4 cm³/mol. The van der Waals surface area contributed by atoms with Crippen LogP contribution < -0.4 is 4.90 Å². The molecule has 3 rings (SSSR count). The summed E-state index contributed by atoms with van der Waals surface area (Å²) in [6.45, 7) is 2.09. The highest BCUT2D eigenvalue weighted by Crippen LogP contribution is 2.29. The lowest BCUT2D eigenvalue weighted by molar-refractivity contribution is 0.434. The van der Waals surface area contributed by atoms with Crippen molar-refractivity contribution in [3.05, 3.63) is 33.7 Å². The SMILES string of the molecule is N#Cc1ccc(N2CCCN(S(=O)(=O)c3ccc(Br)s3)CC2)nn1. The van der Waals surface area contributed by atoms with Crippen molar-refractivity contribution in [2.75, 3.05) is 31.1 Å². The Hall–Kier alpha value is -1.54. The van der Waals surface area contributed by atoms with E-state index >= 15 is 0 Å². The van der Waals surface area contributed by atoms with Gasteiger partial charge in [-0.2, -0.15) is 9.57 Å². The first-order valence-electron chi connectivity index (χ1n) is 7.25. The number of nitrogens with zero attached hydrogens (tertiary/aromatic N) is 5. The molecule has 0 saturated carbocycles. The zero-order valence-corrected chi connectivity index (χ0v) is 15.8. The number of hydrogen-bond donors (Lipinski definition) is 0. The van der Waals surface area contributed by atoms with Crippen molar-refractivity contribution in [1.82, 2.24) is 14.5 Å². The van der Waals surface area contributed by atoms with Gasteiger partial charge in [-0.3, -0.25) is 0 Å². The van der Waals surface area contributed by atoms with Crippen LogP contribution in [0.4, 0.5) is 5.82 Å². The quantitative estimate of drug-likeness (QED) is 0.744. The zero-order chi connectivity index (χ0) is 17.2. The highest BCUT2D eigenvalue weighted by atomic mass is 79.9. The van der Waals surface area contributed by atoms with Gasteiger partial charge in [-0.15, -0.1) is 21.5 Å². The molecule has 2 aromatic rings. The summed E-state index contributed by atoms with van der Waals surface area (Å²) >= 11 is 4.52. The summed E-state index contributed by atoms with van der Waals surface area (Å²) < 4.78 is 28.1. The Labute approximate surface area is 152 Å². The maximum atomic E-state index is 12.7. The van der Waals surface area contributed by atoms with Crippen LogP contribution in [0.15, 0.2) is 32.3 Å². The molecule has 2 aromatic heterocycles. The van der Waals surface area contributed by atoms with Gasteiger partial charge in [0.1, 0.15) is 10.3 Å². The van der Waals surface area contributed by atoms with Crippen molar-refractivity contribution in [3.8, 4) is 6.07 Å². The smallest absolute Gasteiger partial charge is 0.252 e. The van der Waals surface area contributed by atoms with Crippen LogP contribution in [0.2, 0.25) is 0 Å². The molecule has 0 N–H and O–H groups in total. The number of nitriles is 1. The monoisotopic (exact) mass is 427 g/mol. The van der Waals surface area contributed by atoms with Crippen molar-refractivity contribution in [2.24, 2.45) is 0 Å². The number of rotatable bonds is 3. The first-order chi connectivity index (χ1) is 11.5. The Morgan fingerprint density at radius 3 is 2.58 bits per heavy atom. The Kier molecular flexibility index (Phi) is 5.15. The average molecular weight is 428 g/mol. The van der Waals surface area contributed by atoms with E-state index in [1.807, 2.05) is 11.0 Å². The van der Waals surface area contributed by atoms with Gasteiger partial charge in [-0.25, -0.2) is 8.42 Å². The van der Waals surface area contributed by atoms with Crippen LogP contribution in [0.25, 0.3) is 0 Å². The molecule has 0 amide bonds. The van der Waals surface area contributed by atoms with Gasteiger partial charge in [-0.1, -0.05) is 0 Å². The summed E-state index contributed by atoms with van der Waals surface area (Å²) in [6.07, 6.45) is 0.702. The van der Waals surface area contributed by atoms with Gasteiger partial charge in [-0.05, 0) is 46.6 Å². The molecular weight excluding hydrogens is 414 g/mol. The van der Waals surface area contributed by atoms with Gasteiger partial charge < -0.3 is 4.90 Å². The van der Waals surface area contributed by atoms with E-state index in [-0.39, 0.29) is 5.69 Å². The maximum Gasteiger partial charge on any atom is 0.252 e. The van der Waals surface area contributed by atoms with Gasteiger partial charge in [0.25, 0.3) is 10.0 Å². The molecule has 7 nitrogen and oxygen atoms in total. The fourth-order valence-corrected chi connectivity index (χ4v) is 6.11. The number of sulfonamides is 1. The summed E-state index contributed by atoms with van der Waals surface area (Å²) in [5, 5.41) is 16.7. The third-order valence-electron chi connectivity index (χ3n) is 3.69. The van der Waals surface area contributed by atoms with Crippen LogP contribution in [-0.4, -0.2) is 49.1 Å². The van der Waals surface area contributed by atoms with Gasteiger partial charge in [0.15, 0.2) is 11.5 Å². The van der Waals surface area contributed by atoms with Gasteiger partial charge in [0.2, 0.25) is 0 Å². The molecule has 0 aliphatic carbocycles. The second-order valence-corrected chi connectivity index (χ2v) is 9.82. The Morgan fingerprint density at radius 1 is 1.12 bits per heavy atom. The van der Waals surface area contributed by atoms with Crippen LogP contribution in [0, 0.1) is 11.3 Å². The Balaban J connectivity index is 1.74. The van der Waals surface area contributed by atoms with E-state index in [1.54, 1.807) is 24.3 Å². The van der Waals surface area contributed by atoms with Crippen molar-refractivity contribution >= 4 is 43.1 Å². The van der Waals surface area contributed by atoms with Crippen LogP contribution in [0.5, 0.6) is 0 Å². The van der Waals surface area contributed by atoms with Crippen molar-refractivity contribution in [3.63, 3.8) is 0 Å². The molecule has 1 aliphatic rings. The maximum absolute atomic E-state index is 12.7. The second kappa shape index (κ2) is 7.14. The normalized spacial score (nSPS) is 16.6. The summed E-state index contributed by atoms with van der Waals surface area (Å²) in [5.41, 5.74) is 0.265. The van der Waals surface area contributed by atoms with Crippen molar-refractivity contribution in [1.29, 1.82) is 5.26 Å². The Morgan fingerprint density at radius 2 is 1.96 bits per heavy atom. The van der Waals surface area contributed by atoms with E-state index in [0.29, 0.717) is 42.6 Å². The van der Waals surface area contributed by atoms with E-state index in [9.17, 15) is 8.42 Å². The molecule has 1 fully saturated rings. The molecule has 1 aliphatic heterocycles. The number of aromatic nitrogens is 2. The number of halogens is 1. The number of anilines is 1. The minimum absolute atomic E-state index is 0.265. The summed E-state index contributed by atoms with van der Waals surface area (Å²) in [4.78, 5) is 1.99. The molecule has 0 aromatic carbocycles. The van der Waals surface area contributed by atoms with E-state index in [4.69, 9.17) is 5.26 Å². The summed E-state index contributed by atoms with van der Waals surface area (Å²) in [6, 6.07) is 8.66. The topological polar surface area (TPSA) is 90.2 Å². The van der Waals surface area contributed by atoms with Gasteiger partial charge in [0, 0.05) is 26.2 Å². The lowest BCUT2D eigenvalue weighted by Gasteiger charge is -2.21. The average Bonchev–Trinajstić information content (AvgIpc) is 2.88. The third kappa shape index (κ3) is 3.59. The predicted octanol–water partition coefficient (Wildman–Crippen LogP) is 2.07. The standard InChI is InChI=1S/C14H14BrN5O2S2/c15-12-3-5-14(23-12)24(21,22)20-7-1-6-19(8-9-20)13-4-2-11(10-16)17-18-13/h2-5H,1,6-9H2. The van der Waals surface area contributed by atoms with Gasteiger partial charge >= 0.3 is 0 Å². The molecule has 0 bridgehead atoms. The van der Waals surface area contributed by atoms with Crippen molar-refractivity contribution in [2.45, 2.75) is 10.6 Å². The van der Waals surface area contributed by atoms with E-state index in [2.05, 4.69) is 26.1 Å². The number of hydrogen-bond acceptors (Lipinski definition) is 7. The van der Waals surface area contributed by atoms with Crippen molar-refractivity contribution < 1.29 is 8.42 Å². The Bertz CT molecular complexity index is 860. The third-order valence-corrected chi connectivity index (χ3v) is 7.68. The first-order valence-corrected chi connectivity index (χ1v) is 10.3. The van der Waals surface area contributed by atoms with Gasteiger partial charge in [0.05, 0.1) is 3.79 Å². The zero-order valence-electron chi connectivity index (χ0n) is 12.6. The molecule has 10 heteroatoms. The van der Waals surface area contributed by atoms with E-state index in [0.717, 1.165) is 3.79 Å². The van der Waals surface area contributed by atoms with Crippen LogP contribution >= 0.6 is 27.3 Å². The lowest BCUT2D eigenvalue weighted by atomic mass is 10.3. The first kappa shape index (κ1) is 17.3. The highest BCUT2D eigenvalue weighted by molar-refractivity contribution is 9.11. The van der Waals surface area contributed by atoms with E-state index in [1.165, 1.54) is 15.6 Å². The summed E-state index contributed by atoms with van der Waals surface area (Å²) in [5.74, 6) is 0.659. The summed E-state index contributed by atoms with van der Waals surface area (Å²) in [7, 11) is -3.46. The molecule has 3 heterocycles. The largest absolute Gasteiger partial charge is 0.354 e. The van der Waals surface area contributed by atoms with Crippen LogP contribution in [0.3, 0.4) is 0 Å². The van der Waals surface area contributed by atoms with Crippen LogP contribution in [0.1, 0.15) is 12.1 Å². The lowest BCUT2D eigenvalue weighted by Crippen LogP contribution is -2.35. The molecule has 1 saturated heterocycles. The molecule has 0 radical (unpaired) electrons. The molecule has 126 valence electrons. The van der Waals surface area contributed by atoms with Crippen LogP contribution in [-0.2, 0) is 10.0 Å². The number of thiophene rings is 1. The molecule has 0 atom stereocenters. The molecule has 0 spiro atoms. The molecule has 24 heavy (non-hydrogen) atoms. The van der Waals surface area contributed by atoms with E-state index < -0.39 is 10.0 Å². The molecular formula is C14H14BrN5O2S2. The molecule has 0 unspecified atom stereocenters. The fourth-order valence-electron chi connectivity index (χ4n) is 2.48. The minimum Gasteiger partial charge on any atom is -0.354 e. The minimum atomic E-state index is -3.46. The highest BCUT2D eigenvalue weighted by Gasteiger charge is 2.28. The second-order valence-electron chi connectivity index (χ2n) is 5.19.